The van der Waals surface area contributed by atoms with E-state index in [4.69, 9.17) is 0 Å². The van der Waals surface area contributed by atoms with Crippen molar-refractivity contribution >= 4 is 28.9 Å². The van der Waals surface area contributed by atoms with Gasteiger partial charge in [0.1, 0.15) is 0 Å². The Morgan fingerprint density at radius 2 is 2.10 bits per heavy atom. The number of guanidine groups is 1. The molecule has 2 aromatic rings. The summed E-state index contributed by atoms with van der Waals surface area (Å²) in [6.07, 6.45) is 0. The Kier molecular flexibility index (Phi) is 2.60. The van der Waals surface area contributed by atoms with Crippen LogP contribution in [0.2, 0.25) is 0 Å². The van der Waals surface area contributed by atoms with E-state index in [1.54, 1.807) is 16.2 Å². The highest BCUT2D eigenvalue weighted by atomic mass is 32.1. The number of carbonyl (C=O) groups is 1. The second kappa shape index (κ2) is 4.45. The number of para-hydroxylation sites is 1. The molecule has 0 N–H and O–H groups in total. The van der Waals surface area contributed by atoms with Crippen molar-refractivity contribution in [3.05, 3.63) is 52.2 Å². The third-order valence-corrected chi connectivity index (χ3v) is 4.49. The van der Waals surface area contributed by atoms with E-state index >= 15 is 0 Å². The molecule has 0 radical (unpaired) electrons. The average molecular weight is 283 g/mol. The highest BCUT2D eigenvalue weighted by molar-refractivity contribution is 7.09. The molecule has 0 saturated heterocycles. The lowest BCUT2D eigenvalue weighted by molar-refractivity contribution is 0.0851. The summed E-state index contributed by atoms with van der Waals surface area (Å²) in [4.78, 5) is 22.2. The van der Waals surface area contributed by atoms with Gasteiger partial charge in [-0.25, -0.2) is 0 Å². The molecule has 4 rings (SSSR count). The van der Waals surface area contributed by atoms with Crippen LogP contribution in [0.15, 0.2) is 46.8 Å². The molecule has 3 heterocycles. The summed E-state index contributed by atoms with van der Waals surface area (Å²) < 4.78 is 0. The van der Waals surface area contributed by atoms with Gasteiger partial charge in [0.2, 0.25) is 5.96 Å². The molecule has 0 saturated carbocycles. The number of benzene rings is 1. The van der Waals surface area contributed by atoms with E-state index in [2.05, 4.69) is 27.4 Å². The Balaban J connectivity index is 1.82. The summed E-state index contributed by atoms with van der Waals surface area (Å²) in [6.45, 7) is 2.14. The molecule has 0 fully saturated rings. The van der Waals surface area contributed by atoms with Crippen molar-refractivity contribution < 1.29 is 4.79 Å². The summed E-state index contributed by atoms with van der Waals surface area (Å²) in [5.41, 5.74) is 1.73. The van der Waals surface area contributed by atoms with Crippen LogP contribution in [0, 0.1) is 0 Å². The Hall–Kier alpha value is -2.14. The highest BCUT2D eigenvalue weighted by Gasteiger charge is 2.36. The zero-order valence-electron chi connectivity index (χ0n) is 10.8. The Labute approximate surface area is 121 Å². The van der Waals surface area contributed by atoms with E-state index in [1.807, 2.05) is 24.3 Å². The zero-order chi connectivity index (χ0) is 13.5. The minimum absolute atomic E-state index is 0.0688. The molecule has 0 bridgehead atoms. The van der Waals surface area contributed by atoms with Crippen molar-refractivity contribution in [2.75, 3.05) is 18.0 Å². The van der Waals surface area contributed by atoms with E-state index in [0.717, 1.165) is 23.8 Å². The Morgan fingerprint density at radius 1 is 1.20 bits per heavy atom. The van der Waals surface area contributed by atoms with Crippen LogP contribution in [0.25, 0.3) is 0 Å². The maximum atomic E-state index is 12.5. The van der Waals surface area contributed by atoms with Crippen molar-refractivity contribution in [1.29, 1.82) is 0 Å². The molecule has 2 aliphatic heterocycles. The smallest absolute Gasteiger partial charge is 0.262 e. The molecule has 5 heteroatoms. The van der Waals surface area contributed by atoms with Crippen LogP contribution < -0.4 is 4.90 Å². The highest BCUT2D eigenvalue weighted by Crippen LogP contribution is 2.31. The van der Waals surface area contributed by atoms with Gasteiger partial charge < -0.3 is 4.90 Å². The molecule has 1 amide bonds. The van der Waals surface area contributed by atoms with Gasteiger partial charge in [-0.05, 0) is 23.6 Å². The minimum Gasteiger partial charge on any atom is -0.306 e. The molecule has 0 unspecified atom stereocenters. The van der Waals surface area contributed by atoms with Gasteiger partial charge in [-0.15, -0.1) is 11.3 Å². The largest absolute Gasteiger partial charge is 0.306 e. The SMILES string of the molecule is O=C1c2ccccc2N(Cc2cccs2)C2=NCCN12. The molecule has 100 valence electrons. The van der Waals surface area contributed by atoms with Gasteiger partial charge in [0, 0.05) is 11.4 Å². The lowest BCUT2D eigenvalue weighted by Crippen LogP contribution is -2.49. The van der Waals surface area contributed by atoms with Crippen molar-refractivity contribution in [1.82, 2.24) is 4.90 Å². The monoisotopic (exact) mass is 283 g/mol. The van der Waals surface area contributed by atoms with Crippen LogP contribution in [0.1, 0.15) is 15.2 Å². The van der Waals surface area contributed by atoms with Gasteiger partial charge >= 0.3 is 0 Å². The topological polar surface area (TPSA) is 35.9 Å². The van der Waals surface area contributed by atoms with Crippen LogP contribution in [0.4, 0.5) is 5.69 Å². The van der Waals surface area contributed by atoms with Gasteiger partial charge in [-0.2, -0.15) is 0 Å². The fourth-order valence-electron chi connectivity index (χ4n) is 2.72. The molecule has 1 aromatic carbocycles. The molecular weight excluding hydrogens is 270 g/mol. The van der Waals surface area contributed by atoms with Gasteiger partial charge in [-0.1, -0.05) is 18.2 Å². The van der Waals surface area contributed by atoms with Gasteiger partial charge in [-0.3, -0.25) is 14.7 Å². The number of anilines is 1. The number of aliphatic imine (C=N–C) groups is 1. The van der Waals surface area contributed by atoms with Crippen molar-refractivity contribution in [2.24, 2.45) is 4.99 Å². The summed E-state index contributed by atoms with van der Waals surface area (Å²) in [5, 5.41) is 2.07. The minimum atomic E-state index is 0.0688. The number of rotatable bonds is 2. The fraction of sp³-hybridized carbons (Fsp3) is 0.200. The zero-order valence-corrected chi connectivity index (χ0v) is 11.6. The quantitative estimate of drug-likeness (QED) is 0.849. The third kappa shape index (κ3) is 1.67. The van der Waals surface area contributed by atoms with E-state index in [9.17, 15) is 4.79 Å². The van der Waals surface area contributed by atoms with E-state index in [1.165, 1.54) is 4.88 Å². The molecule has 1 aromatic heterocycles. The van der Waals surface area contributed by atoms with Gasteiger partial charge in [0.25, 0.3) is 5.91 Å². The summed E-state index contributed by atoms with van der Waals surface area (Å²) in [6, 6.07) is 11.9. The molecular formula is C15H13N3OS. The molecule has 20 heavy (non-hydrogen) atoms. The van der Waals surface area contributed by atoms with Crippen LogP contribution in [-0.4, -0.2) is 29.9 Å². The van der Waals surface area contributed by atoms with Gasteiger partial charge in [0.05, 0.1) is 24.3 Å². The van der Waals surface area contributed by atoms with Gasteiger partial charge in [0.15, 0.2) is 0 Å². The number of amides is 1. The maximum absolute atomic E-state index is 12.5. The molecule has 4 nitrogen and oxygen atoms in total. The lowest BCUT2D eigenvalue weighted by atomic mass is 10.1. The summed E-state index contributed by atoms with van der Waals surface area (Å²) >= 11 is 1.73. The summed E-state index contributed by atoms with van der Waals surface area (Å²) in [7, 11) is 0. The number of nitrogens with zero attached hydrogens (tertiary/aromatic N) is 3. The van der Waals surface area contributed by atoms with E-state index in [0.29, 0.717) is 13.1 Å². The van der Waals surface area contributed by atoms with Crippen molar-refractivity contribution in [2.45, 2.75) is 6.54 Å². The number of carbonyl (C=O) groups excluding carboxylic acids is 1. The Morgan fingerprint density at radius 3 is 2.95 bits per heavy atom. The van der Waals surface area contributed by atoms with Crippen LogP contribution in [-0.2, 0) is 6.54 Å². The molecule has 0 spiro atoms. The first kappa shape index (κ1) is 11.7. The number of thiophene rings is 1. The summed E-state index contributed by atoms with van der Waals surface area (Å²) in [5.74, 6) is 0.862. The molecule has 2 aliphatic rings. The van der Waals surface area contributed by atoms with Crippen LogP contribution >= 0.6 is 11.3 Å². The first-order chi connectivity index (χ1) is 9.84. The Bertz CT molecular complexity index is 693. The average Bonchev–Trinajstić information content (AvgIpc) is 3.14. The normalized spacial score (nSPS) is 17.0. The second-order valence-electron chi connectivity index (χ2n) is 4.82. The molecule has 0 atom stereocenters. The van der Waals surface area contributed by atoms with Crippen molar-refractivity contribution in [3.63, 3.8) is 0 Å². The van der Waals surface area contributed by atoms with E-state index < -0.39 is 0 Å². The lowest BCUT2D eigenvalue weighted by Gasteiger charge is -2.35. The van der Waals surface area contributed by atoms with Crippen molar-refractivity contribution in [3.8, 4) is 0 Å². The first-order valence-corrected chi connectivity index (χ1v) is 7.48. The van der Waals surface area contributed by atoms with Crippen LogP contribution in [0.5, 0.6) is 0 Å². The predicted molar refractivity (Wildman–Crippen MR) is 80.3 cm³/mol. The maximum Gasteiger partial charge on any atom is 0.262 e. The number of fused-ring (bicyclic) bond motifs is 2. The number of hydrogen-bond acceptors (Lipinski definition) is 4. The first-order valence-electron chi connectivity index (χ1n) is 6.60. The number of hydrogen-bond donors (Lipinski definition) is 0. The van der Waals surface area contributed by atoms with E-state index in [-0.39, 0.29) is 5.91 Å². The standard InChI is InChI=1S/C15H13N3OS/c19-14-12-5-1-2-6-13(12)18(10-11-4-3-9-20-11)15-16-7-8-17(14)15/h1-6,9H,7-8,10H2. The second-order valence-corrected chi connectivity index (χ2v) is 5.85. The predicted octanol–water partition coefficient (Wildman–Crippen LogP) is 2.58. The third-order valence-electron chi connectivity index (χ3n) is 3.62. The molecule has 0 aliphatic carbocycles. The fourth-order valence-corrected chi connectivity index (χ4v) is 3.41. The van der Waals surface area contributed by atoms with Crippen LogP contribution in [0.3, 0.4) is 0 Å².